The van der Waals surface area contributed by atoms with Crippen LogP contribution in [0.1, 0.15) is 40.5 Å². The number of amides is 3. The lowest BCUT2D eigenvalue weighted by atomic mass is 10.0. The molecular formula is C28H26N6O2. The summed E-state index contributed by atoms with van der Waals surface area (Å²) in [6.07, 6.45) is 6.66. The third-order valence-electron chi connectivity index (χ3n) is 6.17. The van der Waals surface area contributed by atoms with E-state index in [0.29, 0.717) is 22.8 Å². The van der Waals surface area contributed by atoms with Crippen molar-refractivity contribution in [2.45, 2.75) is 25.8 Å². The van der Waals surface area contributed by atoms with Crippen molar-refractivity contribution in [2.75, 3.05) is 17.2 Å². The molecule has 2 aromatic carbocycles. The van der Waals surface area contributed by atoms with Gasteiger partial charge in [-0.15, -0.1) is 0 Å². The fourth-order valence-electron chi connectivity index (χ4n) is 4.36. The van der Waals surface area contributed by atoms with Gasteiger partial charge in [-0.3, -0.25) is 20.1 Å². The van der Waals surface area contributed by atoms with E-state index in [4.69, 9.17) is 0 Å². The van der Waals surface area contributed by atoms with Gasteiger partial charge in [0, 0.05) is 23.4 Å². The van der Waals surface area contributed by atoms with Gasteiger partial charge in [0.1, 0.15) is 0 Å². The van der Waals surface area contributed by atoms with E-state index in [1.54, 1.807) is 18.5 Å². The third kappa shape index (κ3) is 5.22. The molecule has 36 heavy (non-hydrogen) atoms. The molecule has 3 amide bonds. The highest BCUT2D eigenvalue weighted by molar-refractivity contribution is 5.99. The third-order valence-corrected chi connectivity index (χ3v) is 6.17. The number of nitrogens with one attached hydrogen (secondary N) is 2. The minimum Gasteiger partial charge on any atom is -0.332 e. The number of hydrogen-bond acceptors (Lipinski definition) is 5. The van der Waals surface area contributed by atoms with Gasteiger partial charge in [-0.1, -0.05) is 42.5 Å². The number of hydrogen-bond donors (Lipinski definition) is 2. The monoisotopic (exact) mass is 478 g/mol. The lowest BCUT2D eigenvalue weighted by Crippen LogP contribution is -2.30. The van der Waals surface area contributed by atoms with E-state index in [1.165, 1.54) is 6.20 Å². The smallest absolute Gasteiger partial charge is 0.324 e. The van der Waals surface area contributed by atoms with E-state index >= 15 is 0 Å². The molecule has 1 saturated heterocycles. The van der Waals surface area contributed by atoms with Crippen LogP contribution in [0.4, 0.5) is 16.3 Å². The van der Waals surface area contributed by atoms with Gasteiger partial charge in [0.2, 0.25) is 0 Å². The number of urea groups is 1. The molecule has 0 radical (unpaired) electrons. The van der Waals surface area contributed by atoms with E-state index in [-0.39, 0.29) is 11.9 Å². The SMILES string of the molecule is Cc1ccc(NC(=O)Nc2cncc(-c3ccc(C4CCCN4C(=O)c4ccccc4)cc3)n2)cn1. The molecule has 5 rings (SSSR count). The van der Waals surface area contributed by atoms with E-state index in [2.05, 4.69) is 25.6 Å². The summed E-state index contributed by atoms with van der Waals surface area (Å²) in [4.78, 5) is 40.3. The molecule has 1 atom stereocenters. The first-order valence-electron chi connectivity index (χ1n) is 11.9. The van der Waals surface area contributed by atoms with E-state index in [9.17, 15) is 9.59 Å². The number of likely N-dealkylation sites (tertiary alicyclic amines) is 1. The maximum absolute atomic E-state index is 13.0. The van der Waals surface area contributed by atoms with Crippen molar-refractivity contribution >= 4 is 23.4 Å². The van der Waals surface area contributed by atoms with E-state index in [1.807, 2.05) is 72.5 Å². The molecule has 4 aromatic rings. The number of rotatable bonds is 5. The number of aromatic nitrogens is 3. The van der Waals surface area contributed by atoms with Crippen LogP contribution in [0.5, 0.6) is 0 Å². The second-order valence-corrected chi connectivity index (χ2v) is 8.70. The summed E-state index contributed by atoms with van der Waals surface area (Å²) in [5, 5.41) is 5.44. The van der Waals surface area contributed by atoms with Crippen molar-refractivity contribution in [3.05, 3.63) is 102 Å². The van der Waals surface area contributed by atoms with Crippen molar-refractivity contribution in [2.24, 2.45) is 0 Å². The number of pyridine rings is 1. The Kier molecular flexibility index (Phi) is 6.66. The Hall–Kier alpha value is -4.59. The molecule has 1 unspecified atom stereocenters. The Morgan fingerprint density at radius 3 is 2.47 bits per heavy atom. The van der Waals surface area contributed by atoms with Crippen LogP contribution < -0.4 is 10.6 Å². The van der Waals surface area contributed by atoms with Gasteiger partial charge in [0.25, 0.3) is 5.91 Å². The van der Waals surface area contributed by atoms with Crippen LogP contribution in [0.15, 0.2) is 85.3 Å². The van der Waals surface area contributed by atoms with Crippen molar-refractivity contribution in [3.8, 4) is 11.3 Å². The molecule has 0 spiro atoms. The summed E-state index contributed by atoms with van der Waals surface area (Å²) >= 11 is 0. The van der Waals surface area contributed by atoms with Crippen molar-refractivity contribution < 1.29 is 9.59 Å². The van der Waals surface area contributed by atoms with Gasteiger partial charge in [0.15, 0.2) is 5.82 Å². The number of nitrogens with zero attached hydrogens (tertiary/aromatic N) is 4. The summed E-state index contributed by atoms with van der Waals surface area (Å²) in [6, 6.07) is 20.7. The topological polar surface area (TPSA) is 100 Å². The number of benzene rings is 2. The standard InChI is InChI=1S/C28H26N6O2/c1-19-9-14-23(16-30-19)31-28(36)33-26-18-29-17-24(32-26)20-10-12-21(13-11-20)25-8-5-15-34(25)27(35)22-6-3-2-4-7-22/h2-4,6-7,9-14,16-18,25H,5,8,15H2,1H3,(H2,31,32,33,36). The Bertz CT molecular complexity index is 1360. The normalized spacial score (nSPS) is 14.9. The molecule has 2 N–H and O–H groups in total. The molecule has 0 saturated carbocycles. The summed E-state index contributed by atoms with van der Waals surface area (Å²) in [6.45, 7) is 2.63. The quantitative estimate of drug-likeness (QED) is 0.396. The van der Waals surface area contributed by atoms with Crippen LogP contribution in [0.25, 0.3) is 11.3 Å². The Morgan fingerprint density at radius 2 is 1.72 bits per heavy atom. The molecule has 0 aliphatic carbocycles. The van der Waals surface area contributed by atoms with Crippen LogP contribution in [0.3, 0.4) is 0 Å². The van der Waals surface area contributed by atoms with Crippen molar-refractivity contribution in [1.82, 2.24) is 19.9 Å². The van der Waals surface area contributed by atoms with Gasteiger partial charge >= 0.3 is 6.03 Å². The molecule has 180 valence electrons. The van der Waals surface area contributed by atoms with Gasteiger partial charge in [-0.2, -0.15) is 0 Å². The lowest BCUT2D eigenvalue weighted by Gasteiger charge is -2.25. The number of carbonyl (C=O) groups is 2. The largest absolute Gasteiger partial charge is 0.332 e. The van der Waals surface area contributed by atoms with Gasteiger partial charge < -0.3 is 10.2 Å². The number of aryl methyl sites for hydroxylation is 1. The predicted molar refractivity (Wildman–Crippen MR) is 139 cm³/mol. The molecule has 2 aromatic heterocycles. The molecular weight excluding hydrogens is 452 g/mol. The van der Waals surface area contributed by atoms with Gasteiger partial charge in [-0.25, -0.2) is 9.78 Å². The maximum atomic E-state index is 13.0. The first-order chi connectivity index (χ1) is 17.6. The molecule has 8 heteroatoms. The van der Waals surface area contributed by atoms with Crippen LogP contribution in [-0.2, 0) is 0 Å². The lowest BCUT2D eigenvalue weighted by molar-refractivity contribution is 0.0735. The predicted octanol–water partition coefficient (Wildman–Crippen LogP) is 5.47. The molecule has 3 heterocycles. The number of anilines is 2. The molecule has 1 fully saturated rings. The fraction of sp³-hybridized carbons (Fsp3) is 0.179. The first kappa shape index (κ1) is 23.2. The fourth-order valence-corrected chi connectivity index (χ4v) is 4.36. The maximum Gasteiger partial charge on any atom is 0.324 e. The second-order valence-electron chi connectivity index (χ2n) is 8.70. The van der Waals surface area contributed by atoms with Crippen molar-refractivity contribution in [3.63, 3.8) is 0 Å². The Balaban J connectivity index is 1.27. The zero-order valence-corrected chi connectivity index (χ0v) is 19.9. The van der Waals surface area contributed by atoms with Gasteiger partial charge in [0.05, 0.1) is 36.0 Å². The van der Waals surface area contributed by atoms with Crippen LogP contribution >= 0.6 is 0 Å². The number of carbonyl (C=O) groups excluding carboxylic acids is 2. The van der Waals surface area contributed by atoms with Gasteiger partial charge in [-0.05, 0) is 49.6 Å². The van der Waals surface area contributed by atoms with Crippen LogP contribution in [-0.4, -0.2) is 38.3 Å². The highest BCUT2D eigenvalue weighted by Crippen LogP contribution is 2.34. The average Bonchev–Trinajstić information content (AvgIpc) is 3.40. The minimum absolute atomic E-state index is 0.0470. The highest BCUT2D eigenvalue weighted by Gasteiger charge is 2.30. The molecule has 1 aliphatic rings. The van der Waals surface area contributed by atoms with Crippen LogP contribution in [0.2, 0.25) is 0 Å². The average molecular weight is 479 g/mol. The summed E-state index contributed by atoms with van der Waals surface area (Å²) in [5.41, 5.74) is 4.77. The zero-order chi connectivity index (χ0) is 24.9. The van der Waals surface area contributed by atoms with E-state index in [0.717, 1.165) is 36.2 Å². The zero-order valence-electron chi connectivity index (χ0n) is 19.9. The summed E-state index contributed by atoms with van der Waals surface area (Å²) in [7, 11) is 0. The molecule has 8 nitrogen and oxygen atoms in total. The first-order valence-corrected chi connectivity index (χ1v) is 11.9. The minimum atomic E-state index is -0.424. The Morgan fingerprint density at radius 1 is 0.917 bits per heavy atom. The molecule has 0 bridgehead atoms. The van der Waals surface area contributed by atoms with Crippen LogP contribution in [0, 0.1) is 6.92 Å². The highest BCUT2D eigenvalue weighted by atomic mass is 16.2. The summed E-state index contributed by atoms with van der Waals surface area (Å²) < 4.78 is 0. The molecule has 1 aliphatic heterocycles. The summed E-state index contributed by atoms with van der Waals surface area (Å²) in [5.74, 6) is 0.399. The van der Waals surface area contributed by atoms with E-state index < -0.39 is 6.03 Å². The second kappa shape index (κ2) is 10.4. The Labute approximate surface area is 209 Å². The van der Waals surface area contributed by atoms with Crippen molar-refractivity contribution in [1.29, 1.82) is 0 Å².